The van der Waals surface area contributed by atoms with Crippen LogP contribution < -0.4 is 5.73 Å². The second-order valence-corrected chi connectivity index (χ2v) is 6.40. The Kier molecular flexibility index (Phi) is 4.53. The fourth-order valence-corrected chi connectivity index (χ4v) is 4.06. The summed E-state index contributed by atoms with van der Waals surface area (Å²) in [5.41, 5.74) is 6.32. The molecule has 4 heteroatoms. The maximum Gasteiger partial charge on any atom is 0.0472 e. The van der Waals surface area contributed by atoms with Crippen molar-refractivity contribution in [3.05, 3.63) is 0 Å². The van der Waals surface area contributed by atoms with Crippen LogP contribution in [0.25, 0.3) is 0 Å². The van der Waals surface area contributed by atoms with E-state index in [2.05, 4.69) is 23.7 Å². The number of nitrogens with two attached hydrogens (primary N) is 1. The van der Waals surface area contributed by atoms with Gasteiger partial charge in [-0.15, -0.1) is 0 Å². The van der Waals surface area contributed by atoms with Crippen molar-refractivity contribution in [3.8, 4) is 0 Å². The van der Waals surface area contributed by atoms with Crippen LogP contribution in [-0.2, 0) is 4.74 Å². The van der Waals surface area contributed by atoms with Gasteiger partial charge in [0.25, 0.3) is 0 Å². The molecule has 0 radical (unpaired) electrons. The van der Waals surface area contributed by atoms with Crippen molar-refractivity contribution in [2.75, 3.05) is 44.9 Å². The highest BCUT2D eigenvalue weighted by Gasteiger charge is 2.34. The van der Waals surface area contributed by atoms with Crippen molar-refractivity contribution in [1.82, 2.24) is 4.90 Å². The van der Waals surface area contributed by atoms with Crippen LogP contribution in [0.5, 0.6) is 0 Å². The Balaban J connectivity index is 1.89. The first-order valence-corrected chi connectivity index (χ1v) is 7.47. The van der Waals surface area contributed by atoms with Gasteiger partial charge in [-0.25, -0.2) is 0 Å². The van der Waals surface area contributed by atoms with Gasteiger partial charge in [0.05, 0.1) is 0 Å². The lowest BCUT2D eigenvalue weighted by Crippen LogP contribution is -2.47. The molecule has 0 saturated carbocycles. The predicted octanol–water partition coefficient (Wildman–Crippen LogP) is 1.18. The van der Waals surface area contributed by atoms with Gasteiger partial charge in [-0.1, -0.05) is 0 Å². The van der Waals surface area contributed by atoms with Crippen molar-refractivity contribution >= 4 is 11.8 Å². The van der Waals surface area contributed by atoms with Crippen LogP contribution in [0.2, 0.25) is 0 Å². The SMILES string of the molecule is CN(CC1(CN)CCOCC1)C1CCSC1. The van der Waals surface area contributed by atoms with E-state index in [-0.39, 0.29) is 0 Å². The van der Waals surface area contributed by atoms with Crippen LogP contribution in [0.1, 0.15) is 19.3 Å². The van der Waals surface area contributed by atoms with Crippen LogP contribution in [-0.4, -0.2) is 55.8 Å². The minimum Gasteiger partial charge on any atom is -0.381 e. The van der Waals surface area contributed by atoms with Gasteiger partial charge < -0.3 is 15.4 Å². The van der Waals surface area contributed by atoms with E-state index in [1.54, 1.807) is 0 Å². The second kappa shape index (κ2) is 5.71. The highest BCUT2D eigenvalue weighted by atomic mass is 32.2. The first kappa shape index (κ1) is 12.7. The van der Waals surface area contributed by atoms with Gasteiger partial charge in [-0.2, -0.15) is 11.8 Å². The molecule has 1 unspecified atom stereocenters. The molecule has 0 aromatic rings. The van der Waals surface area contributed by atoms with Crippen LogP contribution in [0.3, 0.4) is 0 Å². The molecule has 0 bridgehead atoms. The summed E-state index contributed by atoms with van der Waals surface area (Å²) >= 11 is 2.08. The summed E-state index contributed by atoms with van der Waals surface area (Å²) < 4.78 is 5.46. The topological polar surface area (TPSA) is 38.5 Å². The summed E-state index contributed by atoms with van der Waals surface area (Å²) in [6, 6.07) is 0.774. The van der Waals surface area contributed by atoms with E-state index >= 15 is 0 Å². The van der Waals surface area contributed by atoms with Crippen LogP contribution >= 0.6 is 11.8 Å². The Bertz CT molecular complexity index is 213. The molecule has 2 N–H and O–H groups in total. The molecule has 16 heavy (non-hydrogen) atoms. The monoisotopic (exact) mass is 244 g/mol. The van der Waals surface area contributed by atoms with E-state index in [0.29, 0.717) is 5.41 Å². The van der Waals surface area contributed by atoms with Gasteiger partial charge in [-0.3, -0.25) is 0 Å². The van der Waals surface area contributed by atoms with Gasteiger partial charge in [0, 0.05) is 31.6 Å². The largest absolute Gasteiger partial charge is 0.381 e. The fraction of sp³-hybridized carbons (Fsp3) is 1.00. The van der Waals surface area contributed by atoms with E-state index in [1.165, 1.54) is 17.9 Å². The number of nitrogens with zero attached hydrogens (tertiary/aromatic N) is 1. The van der Waals surface area contributed by atoms with E-state index in [4.69, 9.17) is 10.5 Å². The Hall–Kier alpha value is 0.230. The Labute approximate surface area is 103 Å². The zero-order valence-electron chi connectivity index (χ0n) is 10.3. The number of ether oxygens (including phenoxy) is 1. The Morgan fingerprint density at radius 2 is 2.19 bits per heavy atom. The van der Waals surface area contributed by atoms with E-state index in [0.717, 1.165) is 45.2 Å². The van der Waals surface area contributed by atoms with E-state index in [9.17, 15) is 0 Å². The van der Waals surface area contributed by atoms with E-state index < -0.39 is 0 Å². The predicted molar refractivity (Wildman–Crippen MR) is 69.9 cm³/mol. The van der Waals surface area contributed by atoms with Crippen molar-refractivity contribution in [3.63, 3.8) is 0 Å². The average molecular weight is 244 g/mol. The lowest BCUT2D eigenvalue weighted by molar-refractivity contribution is -0.000897. The van der Waals surface area contributed by atoms with E-state index in [1.807, 2.05) is 0 Å². The molecule has 94 valence electrons. The van der Waals surface area contributed by atoms with Gasteiger partial charge in [0.15, 0.2) is 0 Å². The van der Waals surface area contributed by atoms with Crippen molar-refractivity contribution < 1.29 is 4.74 Å². The van der Waals surface area contributed by atoms with Gasteiger partial charge in [0.2, 0.25) is 0 Å². The van der Waals surface area contributed by atoms with Crippen molar-refractivity contribution in [2.24, 2.45) is 11.1 Å². The molecule has 2 saturated heterocycles. The average Bonchev–Trinajstić information content (AvgIpc) is 2.84. The Morgan fingerprint density at radius 3 is 2.75 bits per heavy atom. The third-order valence-electron chi connectivity index (χ3n) is 4.10. The number of hydrogen-bond donors (Lipinski definition) is 1. The van der Waals surface area contributed by atoms with Gasteiger partial charge >= 0.3 is 0 Å². The molecule has 0 amide bonds. The summed E-state index contributed by atoms with van der Waals surface area (Å²) in [5.74, 6) is 2.63. The standard InChI is InChI=1S/C12H24N2OS/c1-14(11-2-7-16-8-11)10-12(9-13)3-5-15-6-4-12/h11H,2-10,13H2,1H3. The second-order valence-electron chi connectivity index (χ2n) is 5.25. The third-order valence-corrected chi connectivity index (χ3v) is 5.25. The fourth-order valence-electron chi connectivity index (χ4n) is 2.76. The highest BCUT2D eigenvalue weighted by Crippen LogP contribution is 2.32. The summed E-state index contributed by atoms with van der Waals surface area (Å²) in [5, 5.41) is 0. The molecule has 2 aliphatic heterocycles. The minimum atomic E-state index is 0.320. The highest BCUT2D eigenvalue weighted by molar-refractivity contribution is 7.99. The quantitative estimate of drug-likeness (QED) is 0.806. The zero-order chi connectivity index (χ0) is 11.4. The number of hydrogen-bond acceptors (Lipinski definition) is 4. The first-order valence-electron chi connectivity index (χ1n) is 6.32. The lowest BCUT2D eigenvalue weighted by atomic mass is 9.79. The van der Waals surface area contributed by atoms with Crippen molar-refractivity contribution in [2.45, 2.75) is 25.3 Å². The summed E-state index contributed by atoms with van der Waals surface area (Å²) in [6.07, 6.45) is 3.61. The maximum absolute atomic E-state index is 6.00. The third kappa shape index (κ3) is 2.92. The molecule has 3 nitrogen and oxygen atoms in total. The summed E-state index contributed by atoms with van der Waals surface area (Å²) in [6.45, 7) is 3.74. The molecule has 2 rings (SSSR count). The van der Waals surface area contributed by atoms with Crippen LogP contribution in [0.4, 0.5) is 0 Å². The molecule has 2 heterocycles. The van der Waals surface area contributed by atoms with Gasteiger partial charge in [-0.05, 0) is 44.0 Å². The Morgan fingerprint density at radius 1 is 1.44 bits per heavy atom. The number of thioether (sulfide) groups is 1. The molecular formula is C12H24N2OS. The lowest BCUT2D eigenvalue weighted by Gasteiger charge is -2.40. The molecule has 0 spiro atoms. The maximum atomic E-state index is 6.00. The number of rotatable bonds is 4. The van der Waals surface area contributed by atoms with Crippen LogP contribution in [0, 0.1) is 5.41 Å². The molecule has 0 aromatic carbocycles. The molecule has 1 atom stereocenters. The normalized spacial score (nSPS) is 29.8. The molecular weight excluding hydrogens is 220 g/mol. The first-order chi connectivity index (χ1) is 7.76. The summed E-state index contributed by atoms with van der Waals surface area (Å²) in [4.78, 5) is 2.54. The van der Waals surface area contributed by atoms with Crippen molar-refractivity contribution in [1.29, 1.82) is 0 Å². The molecule has 2 fully saturated rings. The molecule has 0 aliphatic carbocycles. The van der Waals surface area contributed by atoms with Gasteiger partial charge in [0.1, 0.15) is 0 Å². The zero-order valence-corrected chi connectivity index (χ0v) is 11.1. The smallest absolute Gasteiger partial charge is 0.0472 e. The minimum absolute atomic E-state index is 0.320. The van der Waals surface area contributed by atoms with Crippen LogP contribution in [0.15, 0.2) is 0 Å². The summed E-state index contributed by atoms with van der Waals surface area (Å²) in [7, 11) is 2.27. The molecule has 2 aliphatic rings. The molecule has 0 aromatic heterocycles.